The molecule has 0 aromatic heterocycles. The second kappa shape index (κ2) is 18.9. The summed E-state index contributed by atoms with van der Waals surface area (Å²) in [6.07, 6.45) is -0.156. The Morgan fingerprint density at radius 1 is 0.875 bits per heavy atom. The van der Waals surface area contributed by atoms with Crippen molar-refractivity contribution in [3.8, 4) is 11.5 Å². The van der Waals surface area contributed by atoms with E-state index in [0.29, 0.717) is 46.3 Å². The van der Waals surface area contributed by atoms with Gasteiger partial charge in [-0.05, 0) is 93.6 Å². The van der Waals surface area contributed by atoms with Gasteiger partial charge < -0.3 is 18.9 Å². The molecular formula is C37H30Cl3F3N2O11. The van der Waals surface area contributed by atoms with Crippen LogP contribution in [0.25, 0.3) is 6.08 Å². The van der Waals surface area contributed by atoms with Gasteiger partial charge in [0.15, 0.2) is 6.61 Å². The Labute approximate surface area is 331 Å². The first-order chi connectivity index (χ1) is 26.5. The van der Waals surface area contributed by atoms with Crippen molar-refractivity contribution in [2.75, 3.05) is 24.7 Å². The van der Waals surface area contributed by atoms with Crippen molar-refractivity contribution in [1.82, 2.24) is 0 Å². The molecule has 0 radical (unpaired) electrons. The molecule has 2 aliphatic rings. The van der Waals surface area contributed by atoms with Gasteiger partial charge in [-0.3, -0.25) is 19.7 Å². The van der Waals surface area contributed by atoms with Gasteiger partial charge in [0.05, 0.1) is 34.4 Å². The Hall–Kier alpha value is -5.45. The standard InChI is InChI=1S/C19H17Cl2NO4.C18H13ClF3NO7/c1-2-26-19(25)16(21)10-11-9-12(7-8-15(11)20)22-17(23)13-5-3-4-6-14(13)18(22)24;1-2-28-16(24)9-29-17(25)12-8-11(4-5-14(12)23(26)27)30-15-6-3-10(7-13(15)19)18(20,21)22/h7-10H,2-6H2,1H3;3-8H,2,9H2,1H3/b16-10-;. The molecule has 13 nitrogen and oxygen atoms in total. The fourth-order valence-electron chi connectivity index (χ4n) is 5.34. The second-order valence-electron chi connectivity index (χ2n) is 11.6. The summed E-state index contributed by atoms with van der Waals surface area (Å²) in [4.78, 5) is 71.9. The summed E-state index contributed by atoms with van der Waals surface area (Å²) in [5.41, 5.74) is -0.117. The third-order valence-corrected chi connectivity index (χ3v) is 8.78. The quantitative estimate of drug-likeness (QED) is 0.0451. The van der Waals surface area contributed by atoms with Gasteiger partial charge in [-0.2, -0.15) is 13.2 Å². The van der Waals surface area contributed by atoms with E-state index in [4.69, 9.17) is 49.0 Å². The average molecular weight is 842 g/mol. The zero-order chi connectivity index (χ0) is 41.3. The van der Waals surface area contributed by atoms with Crippen molar-refractivity contribution < 1.29 is 61.0 Å². The van der Waals surface area contributed by atoms with E-state index in [1.54, 1.807) is 25.1 Å². The third kappa shape index (κ3) is 10.6. The molecule has 1 aliphatic carbocycles. The second-order valence-corrected chi connectivity index (χ2v) is 12.8. The maximum atomic E-state index is 12.7. The summed E-state index contributed by atoms with van der Waals surface area (Å²) < 4.78 is 57.6. The zero-order valence-electron chi connectivity index (χ0n) is 29.4. The summed E-state index contributed by atoms with van der Waals surface area (Å²) >= 11 is 17.9. The molecule has 0 atom stereocenters. The summed E-state index contributed by atoms with van der Waals surface area (Å²) in [5, 5.41) is 11.0. The number of carbonyl (C=O) groups excluding carboxylic acids is 5. The molecule has 0 saturated carbocycles. The minimum atomic E-state index is -4.61. The molecule has 1 heterocycles. The Morgan fingerprint density at radius 3 is 2.09 bits per heavy atom. The number of hydrogen-bond donors (Lipinski definition) is 0. The van der Waals surface area contributed by atoms with Gasteiger partial charge in [-0.1, -0.05) is 34.8 Å². The first kappa shape index (κ1) is 43.3. The normalized spacial score (nSPS) is 14.1. The van der Waals surface area contributed by atoms with Crippen LogP contribution in [0.15, 0.2) is 70.8 Å². The topological polar surface area (TPSA) is 169 Å². The van der Waals surface area contributed by atoms with Crippen LogP contribution in [-0.4, -0.2) is 54.5 Å². The molecule has 1 aliphatic heterocycles. The van der Waals surface area contributed by atoms with Crippen molar-refractivity contribution in [2.45, 2.75) is 45.7 Å². The highest BCUT2D eigenvalue weighted by Gasteiger charge is 2.40. The molecule has 19 heteroatoms. The molecule has 0 bridgehead atoms. The van der Waals surface area contributed by atoms with Crippen molar-refractivity contribution in [3.63, 3.8) is 0 Å². The highest BCUT2D eigenvalue weighted by molar-refractivity contribution is 6.43. The van der Waals surface area contributed by atoms with E-state index in [1.807, 2.05) is 0 Å². The van der Waals surface area contributed by atoms with E-state index in [0.717, 1.165) is 43.2 Å². The minimum Gasteiger partial charge on any atom is -0.463 e. The highest BCUT2D eigenvalue weighted by Crippen LogP contribution is 2.39. The summed E-state index contributed by atoms with van der Waals surface area (Å²) in [6.45, 7) is 2.70. The number of anilines is 1. The van der Waals surface area contributed by atoms with Crippen LogP contribution < -0.4 is 9.64 Å². The number of imide groups is 1. The number of amides is 2. The van der Waals surface area contributed by atoms with Crippen LogP contribution in [0.1, 0.15) is 61.0 Å². The van der Waals surface area contributed by atoms with Gasteiger partial charge in [0.2, 0.25) is 0 Å². The number of halogens is 6. The lowest BCUT2D eigenvalue weighted by Gasteiger charge is -2.16. The summed E-state index contributed by atoms with van der Waals surface area (Å²) in [6, 6.07) is 10.1. The smallest absolute Gasteiger partial charge is 0.416 e. The number of nitro groups is 1. The Morgan fingerprint density at radius 2 is 1.52 bits per heavy atom. The third-order valence-electron chi connectivity index (χ3n) is 7.88. The van der Waals surface area contributed by atoms with Gasteiger partial charge in [-0.25, -0.2) is 19.3 Å². The minimum absolute atomic E-state index is 0.0493. The fourth-order valence-corrected chi connectivity index (χ4v) is 5.91. The molecule has 0 fully saturated rings. The maximum absolute atomic E-state index is 12.7. The number of rotatable bonds is 11. The Balaban J connectivity index is 0.000000251. The number of hydrogen-bond acceptors (Lipinski definition) is 11. The lowest BCUT2D eigenvalue weighted by molar-refractivity contribution is -0.385. The zero-order valence-corrected chi connectivity index (χ0v) is 31.6. The highest BCUT2D eigenvalue weighted by atomic mass is 35.5. The van der Waals surface area contributed by atoms with Crippen LogP contribution >= 0.6 is 34.8 Å². The van der Waals surface area contributed by atoms with Crippen LogP contribution in [0, 0.1) is 10.1 Å². The average Bonchev–Trinajstić information content (AvgIpc) is 3.41. The summed E-state index contributed by atoms with van der Waals surface area (Å²) in [5.74, 6) is -3.58. The van der Waals surface area contributed by atoms with Crippen LogP contribution in [0.2, 0.25) is 10.0 Å². The molecule has 0 unspecified atom stereocenters. The number of benzene rings is 3. The van der Waals surface area contributed by atoms with Crippen molar-refractivity contribution >= 4 is 82.0 Å². The molecule has 56 heavy (non-hydrogen) atoms. The predicted molar refractivity (Wildman–Crippen MR) is 196 cm³/mol. The molecule has 0 saturated heterocycles. The molecule has 3 aromatic carbocycles. The van der Waals surface area contributed by atoms with Crippen LogP contribution in [-0.2, 0) is 39.6 Å². The molecule has 296 valence electrons. The number of alkyl halides is 3. The van der Waals surface area contributed by atoms with Crippen LogP contribution in [0.3, 0.4) is 0 Å². The van der Waals surface area contributed by atoms with Gasteiger partial charge >= 0.3 is 24.1 Å². The predicted octanol–water partition coefficient (Wildman–Crippen LogP) is 9.01. The fraction of sp³-hybridized carbons (Fsp3) is 0.270. The van der Waals surface area contributed by atoms with Crippen LogP contribution in [0.5, 0.6) is 11.5 Å². The van der Waals surface area contributed by atoms with Gasteiger partial charge in [0, 0.05) is 28.3 Å². The van der Waals surface area contributed by atoms with E-state index >= 15 is 0 Å². The molecule has 3 aromatic rings. The van der Waals surface area contributed by atoms with Crippen LogP contribution in [0.4, 0.5) is 24.5 Å². The molecule has 0 spiro atoms. The monoisotopic (exact) mass is 840 g/mol. The van der Waals surface area contributed by atoms with Crippen molar-refractivity contribution in [1.29, 1.82) is 0 Å². The molecule has 2 amide bonds. The molecule has 5 rings (SSSR count). The first-order valence-electron chi connectivity index (χ1n) is 16.6. The molecular weight excluding hydrogens is 812 g/mol. The SMILES string of the molecule is CCOC(=O)/C(Cl)=C/c1cc(N2C(=O)C3=C(CCCC3)C2=O)ccc1Cl.CCOC(=O)COC(=O)c1cc(Oc2ccc(C(F)(F)F)cc2Cl)ccc1[N+](=O)[O-]. The summed E-state index contributed by atoms with van der Waals surface area (Å²) in [7, 11) is 0. The Kier molecular flexibility index (Phi) is 14.6. The molecule has 0 N–H and O–H groups in total. The van der Waals surface area contributed by atoms with Gasteiger partial charge in [0.1, 0.15) is 22.1 Å². The number of esters is 3. The maximum Gasteiger partial charge on any atom is 0.416 e. The number of nitrogens with zero attached hydrogens (tertiary/aromatic N) is 2. The van der Waals surface area contributed by atoms with E-state index < -0.39 is 52.4 Å². The lowest BCUT2D eigenvalue weighted by Crippen LogP contribution is -2.31. The van der Waals surface area contributed by atoms with E-state index in [-0.39, 0.29) is 46.6 Å². The van der Waals surface area contributed by atoms with E-state index in [2.05, 4.69) is 4.74 Å². The number of carbonyl (C=O) groups is 5. The van der Waals surface area contributed by atoms with Gasteiger partial charge in [-0.15, -0.1) is 0 Å². The van der Waals surface area contributed by atoms with E-state index in [9.17, 15) is 47.3 Å². The van der Waals surface area contributed by atoms with Crippen molar-refractivity contribution in [2.24, 2.45) is 0 Å². The number of nitro benzene ring substituents is 1. The largest absolute Gasteiger partial charge is 0.463 e. The lowest BCUT2D eigenvalue weighted by atomic mass is 9.93. The Bertz CT molecular complexity index is 2110. The van der Waals surface area contributed by atoms with Gasteiger partial charge in [0.25, 0.3) is 17.5 Å². The van der Waals surface area contributed by atoms with Crippen molar-refractivity contribution in [3.05, 3.63) is 108 Å². The van der Waals surface area contributed by atoms with E-state index in [1.165, 1.54) is 17.9 Å². The number of ether oxygens (including phenoxy) is 4. The first-order valence-corrected chi connectivity index (χ1v) is 17.7.